The maximum atomic E-state index is 11.9. The molecule has 22 heavy (non-hydrogen) atoms. The maximum absolute atomic E-state index is 11.9. The van der Waals surface area contributed by atoms with Crippen molar-refractivity contribution in [2.45, 2.75) is 20.8 Å². The molecule has 6 heteroatoms. The second-order valence-corrected chi connectivity index (χ2v) is 6.62. The number of amides is 2. The third-order valence-corrected chi connectivity index (χ3v) is 3.31. The number of halogens is 1. The number of nitrogens with one attached hydrogen (secondary N) is 2. The van der Waals surface area contributed by atoms with Crippen LogP contribution in [0.3, 0.4) is 0 Å². The van der Waals surface area contributed by atoms with Gasteiger partial charge in [-0.3, -0.25) is 9.59 Å². The van der Waals surface area contributed by atoms with Crippen molar-refractivity contribution in [2.24, 2.45) is 5.41 Å². The van der Waals surface area contributed by atoms with Crippen molar-refractivity contribution in [1.29, 1.82) is 0 Å². The molecule has 0 aliphatic carbocycles. The fraction of sp³-hybridized carbons (Fsp3) is 0.250. The van der Waals surface area contributed by atoms with Gasteiger partial charge in [0.25, 0.3) is 5.91 Å². The molecule has 2 aromatic rings. The largest absolute Gasteiger partial charge is 0.444 e. The predicted molar refractivity (Wildman–Crippen MR) is 88.9 cm³/mol. The molecule has 0 atom stereocenters. The second-order valence-electron chi connectivity index (χ2n) is 5.84. The Morgan fingerprint density at radius 3 is 1.95 bits per heavy atom. The molecule has 1 heterocycles. The highest BCUT2D eigenvalue weighted by Gasteiger charge is 2.21. The first kappa shape index (κ1) is 16.3. The van der Waals surface area contributed by atoms with Gasteiger partial charge in [-0.25, -0.2) is 0 Å². The van der Waals surface area contributed by atoms with E-state index in [-0.39, 0.29) is 17.6 Å². The number of rotatable bonds is 3. The molecule has 0 saturated carbocycles. The molecule has 0 aliphatic rings. The van der Waals surface area contributed by atoms with E-state index in [1.54, 1.807) is 36.4 Å². The highest BCUT2D eigenvalue weighted by atomic mass is 79.9. The van der Waals surface area contributed by atoms with Gasteiger partial charge in [-0.2, -0.15) is 0 Å². The molecule has 2 amide bonds. The molecular formula is C16H17BrN2O3. The molecule has 0 fully saturated rings. The van der Waals surface area contributed by atoms with E-state index in [0.29, 0.717) is 16.0 Å². The molecule has 2 N–H and O–H groups in total. The van der Waals surface area contributed by atoms with Gasteiger partial charge in [-0.15, -0.1) is 0 Å². The van der Waals surface area contributed by atoms with Gasteiger partial charge in [0.1, 0.15) is 0 Å². The first-order valence-corrected chi connectivity index (χ1v) is 7.53. The van der Waals surface area contributed by atoms with Crippen LogP contribution in [0.4, 0.5) is 11.4 Å². The summed E-state index contributed by atoms with van der Waals surface area (Å²) in [5, 5.41) is 5.54. The van der Waals surface area contributed by atoms with E-state index in [2.05, 4.69) is 26.6 Å². The standard InChI is InChI=1S/C16H17BrN2O3/c1-16(2,3)15(21)19-11-6-4-10(5-7-11)18-14(20)12-8-9-13(17)22-12/h4-9H,1-3H3,(H,18,20)(H,19,21). The summed E-state index contributed by atoms with van der Waals surface area (Å²) in [6.07, 6.45) is 0. The number of anilines is 2. The molecule has 0 spiro atoms. The summed E-state index contributed by atoms with van der Waals surface area (Å²) in [5.74, 6) is -0.182. The van der Waals surface area contributed by atoms with E-state index in [1.807, 2.05) is 20.8 Å². The van der Waals surface area contributed by atoms with Crippen LogP contribution in [0, 0.1) is 5.41 Å². The summed E-state index contributed by atoms with van der Waals surface area (Å²) in [5.41, 5.74) is 0.837. The zero-order valence-electron chi connectivity index (χ0n) is 12.6. The molecule has 0 unspecified atom stereocenters. The number of hydrogen-bond acceptors (Lipinski definition) is 3. The molecule has 0 radical (unpaired) electrons. The fourth-order valence-electron chi connectivity index (χ4n) is 1.58. The van der Waals surface area contributed by atoms with Gasteiger partial charge in [0.2, 0.25) is 5.91 Å². The van der Waals surface area contributed by atoms with Gasteiger partial charge in [0.05, 0.1) is 0 Å². The maximum Gasteiger partial charge on any atom is 0.291 e. The van der Waals surface area contributed by atoms with Crippen LogP contribution in [0.25, 0.3) is 0 Å². The monoisotopic (exact) mass is 364 g/mol. The second kappa shape index (κ2) is 6.36. The zero-order chi connectivity index (χ0) is 16.3. The Kier molecular flexibility index (Phi) is 4.71. The lowest BCUT2D eigenvalue weighted by Gasteiger charge is -2.17. The molecule has 1 aromatic heterocycles. The van der Waals surface area contributed by atoms with Crippen LogP contribution in [-0.4, -0.2) is 11.8 Å². The average molecular weight is 365 g/mol. The molecule has 1 aromatic carbocycles. The summed E-state index contributed by atoms with van der Waals surface area (Å²) in [4.78, 5) is 23.8. The highest BCUT2D eigenvalue weighted by molar-refractivity contribution is 9.10. The lowest BCUT2D eigenvalue weighted by atomic mass is 9.95. The Morgan fingerprint density at radius 1 is 0.955 bits per heavy atom. The third-order valence-electron chi connectivity index (χ3n) is 2.88. The van der Waals surface area contributed by atoms with Crippen molar-refractivity contribution in [2.75, 3.05) is 10.6 Å². The van der Waals surface area contributed by atoms with Gasteiger partial charge in [0.15, 0.2) is 10.4 Å². The van der Waals surface area contributed by atoms with Gasteiger partial charge in [0, 0.05) is 16.8 Å². The minimum atomic E-state index is -0.459. The topological polar surface area (TPSA) is 71.3 Å². The Hall–Kier alpha value is -2.08. The molecule has 0 bridgehead atoms. The van der Waals surface area contributed by atoms with Crippen molar-refractivity contribution < 1.29 is 14.0 Å². The fourth-order valence-corrected chi connectivity index (χ4v) is 1.89. The normalized spacial score (nSPS) is 11.1. The first-order chi connectivity index (χ1) is 10.3. The summed E-state index contributed by atoms with van der Waals surface area (Å²) in [6.45, 7) is 5.54. The zero-order valence-corrected chi connectivity index (χ0v) is 14.2. The van der Waals surface area contributed by atoms with Crippen molar-refractivity contribution in [1.82, 2.24) is 0 Å². The minimum Gasteiger partial charge on any atom is -0.444 e. The summed E-state index contributed by atoms with van der Waals surface area (Å²) < 4.78 is 5.68. The number of hydrogen-bond donors (Lipinski definition) is 2. The Balaban J connectivity index is 2.00. The number of furan rings is 1. The highest BCUT2D eigenvalue weighted by Crippen LogP contribution is 2.20. The van der Waals surface area contributed by atoms with Crippen molar-refractivity contribution >= 4 is 39.1 Å². The Labute approximate surface area is 137 Å². The van der Waals surface area contributed by atoms with E-state index >= 15 is 0 Å². The van der Waals surface area contributed by atoms with Crippen molar-refractivity contribution in [3.63, 3.8) is 0 Å². The van der Waals surface area contributed by atoms with Crippen LogP contribution in [0.1, 0.15) is 31.3 Å². The van der Waals surface area contributed by atoms with Crippen LogP contribution < -0.4 is 10.6 Å². The Morgan fingerprint density at radius 2 is 1.50 bits per heavy atom. The smallest absolute Gasteiger partial charge is 0.291 e. The van der Waals surface area contributed by atoms with Crippen LogP contribution in [0.5, 0.6) is 0 Å². The number of benzene rings is 1. The van der Waals surface area contributed by atoms with Crippen molar-refractivity contribution in [3.05, 3.63) is 46.8 Å². The van der Waals surface area contributed by atoms with E-state index < -0.39 is 5.41 Å². The van der Waals surface area contributed by atoms with Crippen LogP contribution in [0.2, 0.25) is 0 Å². The molecule has 116 valence electrons. The molecule has 0 saturated heterocycles. The molecule has 0 aliphatic heterocycles. The first-order valence-electron chi connectivity index (χ1n) is 6.74. The van der Waals surface area contributed by atoms with Gasteiger partial charge in [-0.05, 0) is 52.3 Å². The lowest BCUT2D eigenvalue weighted by molar-refractivity contribution is -0.123. The van der Waals surface area contributed by atoms with Gasteiger partial charge in [-0.1, -0.05) is 20.8 Å². The SMILES string of the molecule is CC(C)(C)C(=O)Nc1ccc(NC(=O)c2ccc(Br)o2)cc1. The molecule has 5 nitrogen and oxygen atoms in total. The van der Waals surface area contributed by atoms with Crippen LogP contribution in [0.15, 0.2) is 45.5 Å². The van der Waals surface area contributed by atoms with Gasteiger partial charge < -0.3 is 15.1 Å². The quantitative estimate of drug-likeness (QED) is 0.853. The van der Waals surface area contributed by atoms with E-state index in [0.717, 1.165) is 0 Å². The summed E-state index contributed by atoms with van der Waals surface area (Å²) in [6, 6.07) is 10.1. The minimum absolute atomic E-state index is 0.0651. The molecular weight excluding hydrogens is 348 g/mol. The average Bonchev–Trinajstić information content (AvgIpc) is 2.86. The molecule has 2 rings (SSSR count). The van der Waals surface area contributed by atoms with E-state index in [1.165, 1.54) is 0 Å². The Bertz CT molecular complexity index is 684. The number of carbonyl (C=O) groups excluding carboxylic acids is 2. The van der Waals surface area contributed by atoms with Crippen LogP contribution in [-0.2, 0) is 4.79 Å². The van der Waals surface area contributed by atoms with E-state index in [4.69, 9.17) is 4.42 Å². The summed E-state index contributed by atoms with van der Waals surface area (Å²) in [7, 11) is 0. The van der Waals surface area contributed by atoms with Crippen LogP contribution >= 0.6 is 15.9 Å². The lowest BCUT2D eigenvalue weighted by Crippen LogP contribution is -2.27. The third kappa shape index (κ3) is 4.21. The summed E-state index contributed by atoms with van der Waals surface area (Å²) >= 11 is 3.15. The van der Waals surface area contributed by atoms with Crippen molar-refractivity contribution in [3.8, 4) is 0 Å². The number of carbonyl (C=O) groups is 2. The predicted octanol–water partition coefficient (Wildman–Crippen LogP) is 4.28. The van der Waals surface area contributed by atoms with E-state index in [9.17, 15) is 9.59 Å². The van der Waals surface area contributed by atoms with Gasteiger partial charge >= 0.3 is 0 Å².